The molecule has 0 saturated carbocycles. The van der Waals surface area contributed by atoms with Crippen LogP contribution >= 0.6 is 11.8 Å². The van der Waals surface area contributed by atoms with E-state index >= 15 is 0 Å². The topological polar surface area (TPSA) is 73.1 Å². The summed E-state index contributed by atoms with van der Waals surface area (Å²) in [5.41, 5.74) is 5.75. The Bertz CT molecular complexity index is 577. The summed E-state index contributed by atoms with van der Waals surface area (Å²) in [6.07, 6.45) is 1.03. The number of nitrogens with one attached hydrogen (secondary N) is 1. The molecule has 5 nitrogen and oxygen atoms in total. The van der Waals surface area contributed by atoms with Gasteiger partial charge in [0.15, 0.2) is 0 Å². The molecule has 20 heavy (non-hydrogen) atoms. The molecule has 0 aliphatic rings. The highest BCUT2D eigenvalue weighted by atomic mass is 32.2. The summed E-state index contributed by atoms with van der Waals surface area (Å²) in [5, 5.41) is 4.01. The maximum Gasteiger partial charge on any atom is 0.223 e. The highest BCUT2D eigenvalue weighted by Crippen LogP contribution is 2.34. The summed E-state index contributed by atoms with van der Waals surface area (Å²) in [5.74, 6) is 1.83. The molecular formula is C14H18N4OS. The van der Waals surface area contributed by atoms with E-state index in [9.17, 15) is 0 Å². The molecule has 0 radical (unpaired) electrons. The van der Waals surface area contributed by atoms with Crippen LogP contribution in [0.1, 0.15) is 13.3 Å². The Labute approximate surface area is 123 Å². The number of para-hydroxylation sites is 1. The first-order valence-corrected chi connectivity index (χ1v) is 7.24. The number of nitrogen functional groups attached to an aromatic ring is 1. The van der Waals surface area contributed by atoms with Gasteiger partial charge in [0, 0.05) is 12.6 Å². The van der Waals surface area contributed by atoms with Crippen molar-refractivity contribution in [3.63, 3.8) is 0 Å². The quantitative estimate of drug-likeness (QED) is 0.797. The fourth-order valence-electron chi connectivity index (χ4n) is 1.65. The number of nitrogens with zero attached hydrogens (tertiary/aromatic N) is 2. The molecular weight excluding hydrogens is 272 g/mol. The molecule has 0 fully saturated rings. The van der Waals surface area contributed by atoms with Crippen molar-refractivity contribution >= 4 is 23.5 Å². The minimum Gasteiger partial charge on any atom is -0.496 e. The molecule has 1 aromatic carbocycles. The van der Waals surface area contributed by atoms with Crippen LogP contribution in [0.5, 0.6) is 5.75 Å². The fraction of sp³-hybridized carbons (Fsp3) is 0.286. The Kier molecular flexibility index (Phi) is 5.06. The average molecular weight is 290 g/mol. The monoisotopic (exact) mass is 290 g/mol. The molecule has 106 valence electrons. The van der Waals surface area contributed by atoms with E-state index in [0.717, 1.165) is 34.5 Å². The molecule has 0 bridgehead atoms. The number of hydrogen-bond acceptors (Lipinski definition) is 6. The minimum atomic E-state index is 0.267. The van der Waals surface area contributed by atoms with Crippen molar-refractivity contribution < 1.29 is 4.74 Å². The van der Waals surface area contributed by atoms with Crippen molar-refractivity contribution in [2.45, 2.75) is 23.3 Å². The third-order valence-corrected chi connectivity index (χ3v) is 3.54. The molecule has 2 aromatic rings. The zero-order valence-electron chi connectivity index (χ0n) is 11.6. The van der Waals surface area contributed by atoms with Crippen LogP contribution < -0.4 is 15.8 Å². The third-order valence-electron chi connectivity index (χ3n) is 2.56. The predicted molar refractivity (Wildman–Crippen MR) is 82.3 cm³/mol. The second-order valence-corrected chi connectivity index (χ2v) is 5.19. The Morgan fingerprint density at radius 2 is 2.10 bits per heavy atom. The maximum absolute atomic E-state index is 5.75. The van der Waals surface area contributed by atoms with Crippen LogP contribution in [0, 0.1) is 0 Å². The SMILES string of the molecule is CCCNc1cc(Sc2ccccc2OC)nc(N)n1. The van der Waals surface area contributed by atoms with Gasteiger partial charge in [-0.1, -0.05) is 30.8 Å². The molecule has 0 aliphatic carbocycles. The van der Waals surface area contributed by atoms with Crippen LogP contribution in [-0.2, 0) is 0 Å². The number of rotatable bonds is 6. The summed E-state index contributed by atoms with van der Waals surface area (Å²) >= 11 is 1.50. The van der Waals surface area contributed by atoms with Crippen LogP contribution in [0.3, 0.4) is 0 Å². The second-order valence-electron chi connectivity index (χ2n) is 4.13. The lowest BCUT2D eigenvalue weighted by molar-refractivity contribution is 0.405. The van der Waals surface area contributed by atoms with Crippen LogP contribution in [-0.4, -0.2) is 23.6 Å². The Morgan fingerprint density at radius 3 is 2.85 bits per heavy atom. The van der Waals surface area contributed by atoms with Crippen LogP contribution in [0.4, 0.5) is 11.8 Å². The van der Waals surface area contributed by atoms with Gasteiger partial charge in [0.05, 0.1) is 12.0 Å². The van der Waals surface area contributed by atoms with Crippen molar-refractivity contribution in [3.8, 4) is 5.75 Å². The van der Waals surface area contributed by atoms with Crippen molar-refractivity contribution in [1.82, 2.24) is 9.97 Å². The first kappa shape index (κ1) is 14.5. The van der Waals surface area contributed by atoms with Crippen molar-refractivity contribution in [2.75, 3.05) is 24.7 Å². The van der Waals surface area contributed by atoms with Gasteiger partial charge in [0.1, 0.15) is 16.6 Å². The Morgan fingerprint density at radius 1 is 1.30 bits per heavy atom. The highest BCUT2D eigenvalue weighted by Gasteiger charge is 2.08. The van der Waals surface area contributed by atoms with Crippen LogP contribution in [0.2, 0.25) is 0 Å². The molecule has 0 atom stereocenters. The number of anilines is 2. The molecule has 3 N–H and O–H groups in total. The number of hydrogen-bond donors (Lipinski definition) is 2. The standard InChI is InChI=1S/C14H18N4OS/c1-3-8-16-12-9-13(18-14(15)17-12)20-11-7-5-4-6-10(11)19-2/h4-7,9H,3,8H2,1-2H3,(H3,15,16,17,18). The Balaban J connectivity index is 2.22. The zero-order valence-corrected chi connectivity index (χ0v) is 12.4. The molecule has 1 heterocycles. The zero-order chi connectivity index (χ0) is 14.4. The van der Waals surface area contributed by atoms with E-state index in [4.69, 9.17) is 10.5 Å². The van der Waals surface area contributed by atoms with Gasteiger partial charge in [0.25, 0.3) is 0 Å². The molecule has 0 spiro atoms. The van der Waals surface area contributed by atoms with E-state index < -0.39 is 0 Å². The summed E-state index contributed by atoms with van der Waals surface area (Å²) < 4.78 is 5.33. The number of methoxy groups -OCH3 is 1. The third kappa shape index (κ3) is 3.77. The normalized spacial score (nSPS) is 10.3. The first-order chi connectivity index (χ1) is 9.72. The lowest BCUT2D eigenvalue weighted by Gasteiger charge is -2.09. The molecule has 1 aromatic heterocycles. The minimum absolute atomic E-state index is 0.267. The van der Waals surface area contributed by atoms with E-state index in [0.29, 0.717) is 0 Å². The van der Waals surface area contributed by atoms with Gasteiger partial charge in [-0.05, 0) is 18.6 Å². The number of ether oxygens (including phenoxy) is 1. The smallest absolute Gasteiger partial charge is 0.223 e. The largest absolute Gasteiger partial charge is 0.496 e. The molecule has 2 rings (SSSR count). The van der Waals surface area contributed by atoms with Crippen molar-refractivity contribution in [3.05, 3.63) is 30.3 Å². The van der Waals surface area contributed by atoms with Gasteiger partial charge in [-0.15, -0.1) is 0 Å². The van der Waals surface area contributed by atoms with Gasteiger partial charge >= 0.3 is 0 Å². The number of aromatic nitrogens is 2. The summed E-state index contributed by atoms with van der Waals surface area (Å²) in [6.45, 7) is 2.96. The lowest BCUT2D eigenvalue weighted by atomic mass is 10.3. The predicted octanol–water partition coefficient (Wildman–Crippen LogP) is 3.04. The van der Waals surface area contributed by atoms with Crippen LogP contribution in [0.25, 0.3) is 0 Å². The molecule has 6 heteroatoms. The average Bonchev–Trinajstić information content (AvgIpc) is 2.45. The Hall–Kier alpha value is -1.95. The summed E-state index contributed by atoms with van der Waals surface area (Å²) in [4.78, 5) is 9.41. The first-order valence-electron chi connectivity index (χ1n) is 6.42. The summed E-state index contributed by atoms with van der Waals surface area (Å²) in [6, 6.07) is 9.70. The number of nitrogens with two attached hydrogens (primary N) is 1. The lowest BCUT2D eigenvalue weighted by Crippen LogP contribution is -2.05. The molecule has 0 saturated heterocycles. The highest BCUT2D eigenvalue weighted by molar-refractivity contribution is 7.99. The second kappa shape index (κ2) is 7.00. The van der Waals surface area contributed by atoms with Crippen LogP contribution in [0.15, 0.2) is 40.3 Å². The van der Waals surface area contributed by atoms with Gasteiger partial charge < -0.3 is 15.8 Å². The van der Waals surface area contributed by atoms with Crippen molar-refractivity contribution in [1.29, 1.82) is 0 Å². The van der Waals surface area contributed by atoms with E-state index in [1.54, 1.807) is 7.11 Å². The molecule has 0 amide bonds. The van der Waals surface area contributed by atoms with E-state index in [1.165, 1.54) is 11.8 Å². The molecule has 0 aliphatic heterocycles. The van der Waals surface area contributed by atoms with Gasteiger partial charge in [-0.3, -0.25) is 0 Å². The van der Waals surface area contributed by atoms with Gasteiger partial charge in [0.2, 0.25) is 5.95 Å². The van der Waals surface area contributed by atoms with E-state index in [1.807, 2.05) is 30.3 Å². The maximum atomic E-state index is 5.75. The van der Waals surface area contributed by atoms with E-state index in [2.05, 4.69) is 22.2 Å². The van der Waals surface area contributed by atoms with E-state index in [-0.39, 0.29) is 5.95 Å². The number of benzene rings is 1. The fourth-order valence-corrected chi connectivity index (χ4v) is 2.59. The van der Waals surface area contributed by atoms with Gasteiger partial charge in [-0.2, -0.15) is 4.98 Å². The molecule has 0 unspecified atom stereocenters. The summed E-state index contributed by atoms with van der Waals surface area (Å²) in [7, 11) is 1.65. The van der Waals surface area contributed by atoms with Crippen molar-refractivity contribution in [2.24, 2.45) is 0 Å². The van der Waals surface area contributed by atoms with Gasteiger partial charge in [-0.25, -0.2) is 4.98 Å².